The van der Waals surface area contributed by atoms with Crippen LogP contribution in [0, 0.1) is 0 Å². The Morgan fingerprint density at radius 3 is 2.46 bits per heavy atom. The molecule has 0 fully saturated rings. The van der Waals surface area contributed by atoms with Crippen molar-refractivity contribution < 1.29 is 4.79 Å². The van der Waals surface area contributed by atoms with Crippen LogP contribution in [0.2, 0.25) is 5.02 Å². The lowest BCUT2D eigenvalue weighted by Gasteiger charge is -2.28. The standard InChI is InChI=1S/C23H24ClN3O/c1-3-19(16-26-22-14-13-18(24)15-25-22)27(2)23(28)21-12-8-7-11-20(21)17-9-5-4-6-10-17/h4-15,19H,3,16H2,1-2H3,(H,25,26). The van der Waals surface area contributed by atoms with E-state index in [-0.39, 0.29) is 11.9 Å². The van der Waals surface area contributed by atoms with E-state index >= 15 is 0 Å². The van der Waals surface area contributed by atoms with E-state index in [1.807, 2.05) is 72.6 Å². The van der Waals surface area contributed by atoms with Crippen molar-refractivity contribution in [1.82, 2.24) is 9.88 Å². The summed E-state index contributed by atoms with van der Waals surface area (Å²) >= 11 is 5.88. The molecular formula is C23H24ClN3O. The first-order chi connectivity index (χ1) is 13.6. The van der Waals surface area contributed by atoms with Gasteiger partial charge in [0.25, 0.3) is 5.91 Å². The van der Waals surface area contributed by atoms with E-state index in [2.05, 4.69) is 17.2 Å². The number of carbonyl (C=O) groups excluding carboxylic acids is 1. The Labute approximate surface area is 171 Å². The number of pyridine rings is 1. The lowest BCUT2D eigenvalue weighted by molar-refractivity contribution is 0.0737. The van der Waals surface area contributed by atoms with Crippen LogP contribution >= 0.6 is 11.6 Å². The third kappa shape index (κ3) is 4.70. The SMILES string of the molecule is CCC(CNc1ccc(Cl)cn1)N(C)C(=O)c1ccccc1-c1ccccc1. The molecule has 1 N–H and O–H groups in total. The first-order valence-electron chi connectivity index (χ1n) is 9.37. The monoisotopic (exact) mass is 393 g/mol. The number of carbonyl (C=O) groups is 1. The fourth-order valence-electron chi connectivity index (χ4n) is 3.15. The van der Waals surface area contributed by atoms with Crippen molar-refractivity contribution in [2.24, 2.45) is 0 Å². The number of benzene rings is 2. The highest BCUT2D eigenvalue weighted by atomic mass is 35.5. The summed E-state index contributed by atoms with van der Waals surface area (Å²) in [5, 5.41) is 3.89. The third-order valence-electron chi connectivity index (χ3n) is 4.83. The van der Waals surface area contributed by atoms with Crippen LogP contribution < -0.4 is 5.32 Å². The van der Waals surface area contributed by atoms with Crippen molar-refractivity contribution >= 4 is 23.3 Å². The van der Waals surface area contributed by atoms with Crippen LogP contribution in [0.1, 0.15) is 23.7 Å². The smallest absolute Gasteiger partial charge is 0.254 e. The molecule has 2 aromatic carbocycles. The predicted molar refractivity (Wildman–Crippen MR) is 116 cm³/mol. The Hall–Kier alpha value is -2.85. The van der Waals surface area contributed by atoms with Gasteiger partial charge in [-0.25, -0.2) is 4.98 Å². The zero-order chi connectivity index (χ0) is 19.9. The molecule has 0 aliphatic rings. The van der Waals surface area contributed by atoms with Crippen LogP contribution in [0.3, 0.4) is 0 Å². The summed E-state index contributed by atoms with van der Waals surface area (Å²) in [5.74, 6) is 0.755. The van der Waals surface area contributed by atoms with E-state index in [1.165, 1.54) is 0 Å². The Bertz CT molecular complexity index is 913. The first kappa shape index (κ1) is 19.9. The molecule has 0 aliphatic heterocycles. The molecule has 0 spiro atoms. The zero-order valence-corrected chi connectivity index (χ0v) is 16.9. The lowest BCUT2D eigenvalue weighted by atomic mass is 9.98. The van der Waals surface area contributed by atoms with E-state index in [1.54, 1.807) is 12.3 Å². The quantitative estimate of drug-likeness (QED) is 0.587. The minimum absolute atomic E-state index is 0.0113. The van der Waals surface area contributed by atoms with Gasteiger partial charge in [-0.05, 0) is 35.7 Å². The fraction of sp³-hybridized carbons (Fsp3) is 0.217. The molecule has 1 heterocycles. The van der Waals surface area contributed by atoms with Gasteiger partial charge in [-0.3, -0.25) is 4.79 Å². The molecule has 144 valence electrons. The maximum absolute atomic E-state index is 13.3. The van der Waals surface area contributed by atoms with E-state index in [9.17, 15) is 4.79 Å². The van der Waals surface area contributed by atoms with Crippen molar-refractivity contribution in [3.8, 4) is 11.1 Å². The second kappa shape index (κ2) is 9.38. The number of aromatic nitrogens is 1. The molecule has 0 aliphatic carbocycles. The zero-order valence-electron chi connectivity index (χ0n) is 16.1. The Kier molecular flexibility index (Phi) is 6.66. The van der Waals surface area contributed by atoms with Gasteiger partial charge in [0.05, 0.1) is 5.02 Å². The predicted octanol–water partition coefficient (Wildman–Crippen LogP) is 5.36. The van der Waals surface area contributed by atoms with Gasteiger partial charge in [-0.15, -0.1) is 0 Å². The van der Waals surface area contributed by atoms with Gasteiger partial charge in [0.2, 0.25) is 0 Å². The van der Waals surface area contributed by atoms with E-state index < -0.39 is 0 Å². The summed E-state index contributed by atoms with van der Waals surface area (Å²) in [5.41, 5.74) is 2.69. The normalized spacial score (nSPS) is 11.7. The van der Waals surface area contributed by atoms with E-state index in [0.717, 1.165) is 23.4 Å². The average Bonchev–Trinajstić information content (AvgIpc) is 2.75. The molecule has 4 nitrogen and oxygen atoms in total. The van der Waals surface area contributed by atoms with Gasteiger partial charge >= 0.3 is 0 Å². The molecule has 1 atom stereocenters. The second-order valence-corrected chi connectivity index (χ2v) is 7.07. The molecule has 3 aromatic rings. The van der Waals surface area contributed by atoms with Crippen LogP contribution in [0.15, 0.2) is 72.9 Å². The van der Waals surface area contributed by atoms with Crippen molar-refractivity contribution in [2.75, 3.05) is 18.9 Å². The Morgan fingerprint density at radius 1 is 1.07 bits per heavy atom. The molecule has 5 heteroatoms. The molecule has 1 amide bonds. The fourth-order valence-corrected chi connectivity index (χ4v) is 3.26. The third-order valence-corrected chi connectivity index (χ3v) is 5.05. The molecule has 0 radical (unpaired) electrons. The lowest BCUT2D eigenvalue weighted by Crippen LogP contribution is -2.41. The summed E-state index contributed by atoms with van der Waals surface area (Å²) in [4.78, 5) is 19.3. The van der Waals surface area contributed by atoms with Crippen LogP contribution in [-0.4, -0.2) is 35.4 Å². The molecule has 0 saturated heterocycles. The number of hydrogen-bond acceptors (Lipinski definition) is 3. The van der Waals surface area contributed by atoms with Gasteiger partial charge in [0.1, 0.15) is 5.82 Å². The molecule has 28 heavy (non-hydrogen) atoms. The number of halogens is 1. The molecule has 3 rings (SSSR count). The highest BCUT2D eigenvalue weighted by molar-refractivity contribution is 6.30. The number of likely N-dealkylation sites (N-methyl/N-ethyl adjacent to an activating group) is 1. The highest BCUT2D eigenvalue weighted by Gasteiger charge is 2.22. The number of anilines is 1. The topological polar surface area (TPSA) is 45.2 Å². The number of nitrogens with zero attached hydrogens (tertiary/aromatic N) is 2. The molecule has 1 aromatic heterocycles. The first-order valence-corrected chi connectivity index (χ1v) is 9.75. The Balaban J connectivity index is 1.76. The van der Waals surface area contributed by atoms with Crippen LogP contribution in [0.5, 0.6) is 0 Å². The number of nitrogens with one attached hydrogen (secondary N) is 1. The van der Waals surface area contributed by atoms with E-state index in [0.29, 0.717) is 17.1 Å². The average molecular weight is 394 g/mol. The molecule has 1 unspecified atom stereocenters. The van der Waals surface area contributed by atoms with E-state index in [4.69, 9.17) is 11.6 Å². The summed E-state index contributed by atoms with van der Waals surface area (Å²) in [7, 11) is 1.86. The molecule has 0 bridgehead atoms. The number of hydrogen-bond donors (Lipinski definition) is 1. The van der Waals surface area contributed by atoms with Gasteiger partial charge in [-0.1, -0.05) is 67.1 Å². The van der Waals surface area contributed by atoms with Gasteiger partial charge in [-0.2, -0.15) is 0 Å². The highest BCUT2D eigenvalue weighted by Crippen LogP contribution is 2.25. The molecular weight excluding hydrogens is 370 g/mol. The minimum Gasteiger partial charge on any atom is -0.368 e. The Morgan fingerprint density at radius 2 is 1.79 bits per heavy atom. The van der Waals surface area contributed by atoms with Crippen molar-refractivity contribution in [1.29, 1.82) is 0 Å². The maximum atomic E-state index is 13.3. The summed E-state index contributed by atoms with van der Waals surface area (Å²) in [6, 6.07) is 21.4. The van der Waals surface area contributed by atoms with Crippen molar-refractivity contribution in [3.05, 3.63) is 83.5 Å². The van der Waals surface area contributed by atoms with Gasteiger partial charge in [0, 0.05) is 31.4 Å². The van der Waals surface area contributed by atoms with Crippen LogP contribution in [0.25, 0.3) is 11.1 Å². The number of rotatable bonds is 7. The van der Waals surface area contributed by atoms with Gasteiger partial charge < -0.3 is 10.2 Å². The van der Waals surface area contributed by atoms with Crippen LogP contribution in [-0.2, 0) is 0 Å². The largest absolute Gasteiger partial charge is 0.368 e. The van der Waals surface area contributed by atoms with Crippen molar-refractivity contribution in [3.63, 3.8) is 0 Å². The second-order valence-electron chi connectivity index (χ2n) is 6.63. The maximum Gasteiger partial charge on any atom is 0.254 e. The van der Waals surface area contributed by atoms with Crippen LogP contribution in [0.4, 0.5) is 5.82 Å². The number of amides is 1. The van der Waals surface area contributed by atoms with Gasteiger partial charge in [0.15, 0.2) is 0 Å². The minimum atomic E-state index is 0.0113. The summed E-state index contributed by atoms with van der Waals surface area (Å²) in [6.45, 7) is 2.69. The van der Waals surface area contributed by atoms with Crippen molar-refractivity contribution in [2.45, 2.75) is 19.4 Å². The summed E-state index contributed by atoms with van der Waals surface area (Å²) in [6.07, 6.45) is 2.44. The molecule has 0 saturated carbocycles. The summed E-state index contributed by atoms with van der Waals surface area (Å²) < 4.78 is 0.